The van der Waals surface area contributed by atoms with Crippen molar-refractivity contribution in [2.75, 3.05) is 20.2 Å². The van der Waals surface area contributed by atoms with Crippen molar-refractivity contribution in [3.8, 4) is 0 Å². The van der Waals surface area contributed by atoms with Gasteiger partial charge in [-0.2, -0.15) is 0 Å². The second-order valence-electron chi connectivity index (χ2n) is 7.40. The summed E-state index contributed by atoms with van der Waals surface area (Å²) in [4.78, 5) is 14.0. The van der Waals surface area contributed by atoms with Crippen molar-refractivity contribution in [2.24, 2.45) is 0 Å². The van der Waals surface area contributed by atoms with Crippen molar-refractivity contribution >= 4 is 22.4 Å². The van der Waals surface area contributed by atoms with Gasteiger partial charge in [-0.05, 0) is 35.8 Å². The lowest BCUT2D eigenvalue weighted by Gasteiger charge is -2.26. The van der Waals surface area contributed by atoms with Crippen molar-refractivity contribution in [1.82, 2.24) is 9.47 Å². The highest BCUT2D eigenvalue weighted by atomic mass is 16.5. The van der Waals surface area contributed by atoms with E-state index >= 15 is 0 Å². The number of benzene rings is 2. The number of ether oxygens (including phenoxy) is 1. The standard InChI is InChI=1S/C25H26N2O2/c1-3-14-27-18-23(22-6-4-5-7-24(22)27)20-12-15-26(16-13-20)17-19-8-10-21(11-9-19)25(28)29-2/h3-12,18H,1,13-17H2,2H3. The Bertz CT molecular complexity index is 1060. The molecule has 148 valence electrons. The van der Waals surface area contributed by atoms with Gasteiger partial charge in [-0.3, -0.25) is 4.90 Å². The first kappa shape index (κ1) is 19.2. The quantitative estimate of drug-likeness (QED) is 0.446. The van der Waals surface area contributed by atoms with Crippen LogP contribution in [0.15, 0.2) is 73.5 Å². The Morgan fingerprint density at radius 1 is 1.17 bits per heavy atom. The number of esters is 1. The molecule has 1 aliphatic heterocycles. The summed E-state index contributed by atoms with van der Waals surface area (Å²) in [7, 11) is 1.41. The van der Waals surface area contributed by atoms with E-state index in [0.29, 0.717) is 5.56 Å². The van der Waals surface area contributed by atoms with Gasteiger partial charge in [-0.1, -0.05) is 42.5 Å². The molecule has 4 heteroatoms. The Labute approximate surface area is 171 Å². The summed E-state index contributed by atoms with van der Waals surface area (Å²) in [5, 5.41) is 1.31. The number of aromatic nitrogens is 1. The van der Waals surface area contributed by atoms with E-state index in [1.54, 1.807) is 0 Å². The first-order chi connectivity index (χ1) is 14.2. The molecule has 1 aliphatic rings. The number of fused-ring (bicyclic) bond motifs is 1. The van der Waals surface area contributed by atoms with Crippen LogP contribution in [0.2, 0.25) is 0 Å². The minimum Gasteiger partial charge on any atom is -0.465 e. The van der Waals surface area contributed by atoms with Gasteiger partial charge in [0.05, 0.1) is 12.7 Å². The van der Waals surface area contributed by atoms with E-state index in [9.17, 15) is 4.79 Å². The lowest BCUT2D eigenvalue weighted by atomic mass is 9.98. The van der Waals surface area contributed by atoms with Gasteiger partial charge in [0.1, 0.15) is 0 Å². The van der Waals surface area contributed by atoms with Crippen LogP contribution in [-0.4, -0.2) is 35.6 Å². The summed E-state index contributed by atoms with van der Waals surface area (Å²) in [6, 6.07) is 16.3. The summed E-state index contributed by atoms with van der Waals surface area (Å²) in [6.07, 6.45) is 7.59. The minimum atomic E-state index is -0.294. The molecule has 1 aromatic heterocycles. The summed E-state index contributed by atoms with van der Waals surface area (Å²) in [5.74, 6) is -0.294. The molecule has 0 fully saturated rings. The van der Waals surface area contributed by atoms with Gasteiger partial charge in [0.2, 0.25) is 0 Å². The third kappa shape index (κ3) is 4.03. The van der Waals surface area contributed by atoms with Crippen LogP contribution in [0, 0.1) is 0 Å². The van der Waals surface area contributed by atoms with Crippen LogP contribution in [0.25, 0.3) is 16.5 Å². The Kier molecular flexibility index (Phi) is 5.63. The van der Waals surface area contributed by atoms with Crippen LogP contribution >= 0.6 is 0 Å². The zero-order valence-electron chi connectivity index (χ0n) is 16.8. The maximum Gasteiger partial charge on any atom is 0.337 e. The molecule has 4 rings (SSSR count). The number of nitrogens with zero attached hydrogens (tertiary/aromatic N) is 2. The molecule has 0 aliphatic carbocycles. The van der Waals surface area contributed by atoms with Crippen LogP contribution in [0.1, 0.15) is 27.9 Å². The van der Waals surface area contributed by atoms with Crippen LogP contribution < -0.4 is 0 Å². The predicted molar refractivity (Wildman–Crippen MR) is 118 cm³/mol. The highest BCUT2D eigenvalue weighted by molar-refractivity contribution is 5.93. The topological polar surface area (TPSA) is 34.5 Å². The summed E-state index contributed by atoms with van der Waals surface area (Å²) in [6.45, 7) is 7.53. The van der Waals surface area contributed by atoms with Crippen molar-refractivity contribution in [3.63, 3.8) is 0 Å². The molecule has 0 saturated carbocycles. The van der Waals surface area contributed by atoms with Crippen molar-refractivity contribution < 1.29 is 9.53 Å². The molecule has 0 N–H and O–H groups in total. The van der Waals surface area contributed by atoms with Gasteiger partial charge < -0.3 is 9.30 Å². The fourth-order valence-electron chi connectivity index (χ4n) is 4.01. The molecule has 2 heterocycles. The third-order valence-electron chi connectivity index (χ3n) is 5.53. The molecule has 0 bridgehead atoms. The van der Waals surface area contributed by atoms with E-state index < -0.39 is 0 Å². The monoisotopic (exact) mass is 386 g/mol. The number of carbonyl (C=O) groups is 1. The molecule has 0 radical (unpaired) electrons. The Morgan fingerprint density at radius 3 is 2.66 bits per heavy atom. The van der Waals surface area contributed by atoms with E-state index in [2.05, 4.69) is 52.6 Å². The average molecular weight is 386 g/mol. The molecule has 0 saturated heterocycles. The smallest absolute Gasteiger partial charge is 0.337 e. The van der Waals surface area contributed by atoms with Gasteiger partial charge in [-0.15, -0.1) is 6.58 Å². The highest BCUT2D eigenvalue weighted by Gasteiger charge is 2.17. The highest BCUT2D eigenvalue weighted by Crippen LogP contribution is 2.31. The molecule has 0 atom stereocenters. The number of hydrogen-bond donors (Lipinski definition) is 0. The number of hydrogen-bond acceptors (Lipinski definition) is 3. The lowest BCUT2D eigenvalue weighted by molar-refractivity contribution is 0.0600. The van der Waals surface area contributed by atoms with Gasteiger partial charge in [-0.25, -0.2) is 4.79 Å². The predicted octanol–water partition coefficient (Wildman–Crippen LogP) is 4.90. The van der Waals surface area contributed by atoms with Gasteiger partial charge in [0.15, 0.2) is 0 Å². The summed E-state index contributed by atoms with van der Waals surface area (Å²) in [5.41, 5.74) is 5.81. The molecular formula is C25H26N2O2. The molecule has 3 aromatic rings. The Balaban J connectivity index is 1.48. The molecular weight excluding hydrogens is 360 g/mol. The molecule has 2 aromatic carbocycles. The van der Waals surface area contributed by atoms with E-state index in [1.165, 1.54) is 34.7 Å². The number of rotatable bonds is 6. The van der Waals surface area contributed by atoms with Crippen LogP contribution in [0.5, 0.6) is 0 Å². The van der Waals surface area contributed by atoms with Crippen LogP contribution in [0.3, 0.4) is 0 Å². The summed E-state index contributed by atoms with van der Waals surface area (Å²) < 4.78 is 7.03. The molecule has 0 amide bonds. The van der Waals surface area contributed by atoms with Gasteiger partial charge in [0, 0.05) is 48.8 Å². The van der Waals surface area contributed by atoms with Crippen molar-refractivity contribution in [2.45, 2.75) is 19.5 Å². The normalized spacial score (nSPS) is 14.6. The largest absolute Gasteiger partial charge is 0.465 e. The van der Waals surface area contributed by atoms with Crippen molar-refractivity contribution in [3.05, 3.63) is 90.1 Å². The second kappa shape index (κ2) is 8.50. The molecule has 0 spiro atoms. The van der Waals surface area contributed by atoms with Crippen LogP contribution in [-0.2, 0) is 17.8 Å². The molecule has 4 nitrogen and oxygen atoms in total. The minimum absolute atomic E-state index is 0.294. The van der Waals surface area contributed by atoms with Gasteiger partial charge in [0.25, 0.3) is 0 Å². The van der Waals surface area contributed by atoms with Crippen molar-refractivity contribution in [1.29, 1.82) is 0 Å². The Morgan fingerprint density at radius 2 is 1.97 bits per heavy atom. The van der Waals surface area contributed by atoms with E-state index in [1.807, 2.05) is 30.3 Å². The average Bonchev–Trinajstić information content (AvgIpc) is 3.13. The Hall–Kier alpha value is -3.11. The third-order valence-corrected chi connectivity index (χ3v) is 5.53. The number of para-hydroxylation sites is 1. The molecule has 29 heavy (non-hydrogen) atoms. The zero-order valence-corrected chi connectivity index (χ0v) is 16.8. The fraction of sp³-hybridized carbons (Fsp3) is 0.240. The maximum absolute atomic E-state index is 11.6. The second-order valence-corrected chi connectivity index (χ2v) is 7.40. The van der Waals surface area contributed by atoms with E-state index in [4.69, 9.17) is 4.74 Å². The van der Waals surface area contributed by atoms with E-state index in [-0.39, 0.29) is 5.97 Å². The first-order valence-electron chi connectivity index (χ1n) is 9.97. The summed E-state index contributed by atoms with van der Waals surface area (Å²) >= 11 is 0. The van der Waals surface area contributed by atoms with E-state index in [0.717, 1.165) is 32.6 Å². The van der Waals surface area contributed by atoms with Crippen LogP contribution in [0.4, 0.5) is 0 Å². The fourth-order valence-corrected chi connectivity index (χ4v) is 4.01. The maximum atomic E-state index is 11.6. The zero-order chi connectivity index (χ0) is 20.2. The lowest BCUT2D eigenvalue weighted by Crippen LogP contribution is -2.28. The molecule has 0 unspecified atom stereocenters. The SMILES string of the molecule is C=CCn1cc(C2=CCN(Cc3ccc(C(=O)OC)cc3)CC2)c2ccccc21. The first-order valence-corrected chi connectivity index (χ1v) is 9.97. The van der Waals surface area contributed by atoms with Gasteiger partial charge >= 0.3 is 5.97 Å². The number of carbonyl (C=O) groups excluding carboxylic acids is 1. The number of methoxy groups -OCH3 is 1. The number of allylic oxidation sites excluding steroid dienone is 1.